The molecule has 1 saturated heterocycles. The highest BCUT2D eigenvalue weighted by Crippen LogP contribution is 2.30. The second-order valence-electron chi connectivity index (χ2n) is 6.26. The predicted molar refractivity (Wildman–Crippen MR) is 77.7 cm³/mol. The van der Waals surface area contributed by atoms with Crippen molar-refractivity contribution in [2.24, 2.45) is 0 Å². The van der Waals surface area contributed by atoms with Crippen LogP contribution in [0.2, 0.25) is 0 Å². The molecule has 2 aliphatic rings. The first kappa shape index (κ1) is 16.6. The Morgan fingerprint density at radius 3 is 2.14 bits per heavy atom. The minimum absolute atomic E-state index is 0.0184. The van der Waals surface area contributed by atoms with Crippen molar-refractivity contribution in [3.05, 3.63) is 0 Å². The molecule has 0 aromatic rings. The maximum atomic E-state index is 11.3. The summed E-state index contributed by atoms with van der Waals surface area (Å²) in [6, 6.07) is 0.0184. The molecule has 7 nitrogen and oxygen atoms in total. The second-order valence-corrected chi connectivity index (χ2v) is 6.26. The van der Waals surface area contributed by atoms with Gasteiger partial charge in [-0.05, 0) is 19.9 Å². The van der Waals surface area contributed by atoms with E-state index in [1.54, 1.807) is 18.9 Å². The van der Waals surface area contributed by atoms with Crippen LogP contribution in [0.5, 0.6) is 0 Å². The van der Waals surface area contributed by atoms with Crippen LogP contribution in [-0.2, 0) is 4.79 Å². The van der Waals surface area contributed by atoms with Crippen molar-refractivity contribution in [3.63, 3.8) is 0 Å². The standard InChI is InChI=1S/C14H27N3O4/c1-10(18)17-5-3-16(4-6-17)9-14(21)12(19)7-11(15-2)8-13(14)20/h11-13,15,19-21H,3-9H2,1-2H3/t11?,12-,13+,14?. The lowest BCUT2D eigenvalue weighted by Gasteiger charge is -2.47. The van der Waals surface area contributed by atoms with Crippen LogP contribution in [0.25, 0.3) is 0 Å². The molecule has 1 aliphatic heterocycles. The van der Waals surface area contributed by atoms with Crippen LogP contribution in [0.15, 0.2) is 0 Å². The van der Waals surface area contributed by atoms with E-state index in [1.807, 2.05) is 4.90 Å². The minimum atomic E-state index is -1.49. The van der Waals surface area contributed by atoms with Gasteiger partial charge >= 0.3 is 0 Å². The molecule has 0 radical (unpaired) electrons. The summed E-state index contributed by atoms with van der Waals surface area (Å²) in [5.74, 6) is 0.0583. The van der Waals surface area contributed by atoms with Crippen molar-refractivity contribution in [3.8, 4) is 0 Å². The Morgan fingerprint density at radius 1 is 1.19 bits per heavy atom. The molecule has 0 spiro atoms. The fraction of sp³-hybridized carbons (Fsp3) is 0.929. The van der Waals surface area contributed by atoms with E-state index in [0.717, 1.165) is 0 Å². The van der Waals surface area contributed by atoms with E-state index in [2.05, 4.69) is 5.32 Å². The molecule has 7 heteroatoms. The zero-order valence-electron chi connectivity index (χ0n) is 12.8. The molecule has 2 fully saturated rings. The smallest absolute Gasteiger partial charge is 0.219 e. The minimum Gasteiger partial charge on any atom is -0.390 e. The van der Waals surface area contributed by atoms with Gasteiger partial charge in [-0.1, -0.05) is 0 Å². The highest BCUT2D eigenvalue weighted by Gasteiger charge is 2.49. The van der Waals surface area contributed by atoms with E-state index in [-0.39, 0.29) is 18.5 Å². The molecular formula is C14H27N3O4. The van der Waals surface area contributed by atoms with Crippen LogP contribution in [0.3, 0.4) is 0 Å². The molecule has 2 rings (SSSR count). The Hall–Kier alpha value is -0.730. The lowest BCUT2D eigenvalue weighted by Crippen LogP contribution is -2.65. The summed E-state index contributed by atoms with van der Waals surface area (Å²) in [5.41, 5.74) is -1.49. The number of carbonyl (C=O) groups is 1. The summed E-state index contributed by atoms with van der Waals surface area (Å²) in [6.45, 7) is 4.33. The number of nitrogens with one attached hydrogen (secondary N) is 1. The molecule has 0 aromatic heterocycles. The number of piperazine rings is 1. The quantitative estimate of drug-likeness (QED) is 0.481. The first-order chi connectivity index (χ1) is 9.86. The summed E-state index contributed by atoms with van der Waals surface area (Å²) < 4.78 is 0. The van der Waals surface area contributed by atoms with Gasteiger partial charge in [0.1, 0.15) is 5.60 Å². The van der Waals surface area contributed by atoms with Crippen LogP contribution >= 0.6 is 0 Å². The highest BCUT2D eigenvalue weighted by molar-refractivity contribution is 5.73. The third-order valence-electron chi connectivity index (χ3n) is 4.87. The number of β-amino-alcohol motifs (C(OH)–C–C–N with tert-alkyl or cyclic N) is 1. The molecule has 122 valence electrons. The van der Waals surface area contributed by atoms with E-state index in [0.29, 0.717) is 39.0 Å². The van der Waals surface area contributed by atoms with E-state index >= 15 is 0 Å². The van der Waals surface area contributed by atoms with Gasteiger partial charge in [-0.15, -0.1) is 0 Å². The van der Waals surface area contributed by atoms with Gasteiger partial charge in [0.15, 0.2) is 0 Å². The SMILES string of the molecule is CNC1C[C@@H](O)C(O)(CN2CCN(C(C)=O)CC2)[C@@H](O)C1. The van der Waals surface area contributed by atoms with Crippen LogP contribution in [0.1, 0.15) is 19.8 Å². The predicted octanol–water partition coefficient (Wildman–Crippen LogP) is -2.01. The van der Waals surface area contributed by atoms with Gasteiger partial charge in [-0.25, -0.2) is 0 Å². The van der Waals surface area contributed by atoms with Crippen molar-refractivity contribution < 1.29 is 20.1 Å². The molecule has 1 aliphatic carbocycles. The molecule has 0 aromatic carbocycles. The van der Waals surface area contributed by atoms with Crippen molar-refractivity contribution in [2.45, 2.75) is 43.6 Å². The van der Waals surface area contributed by atoms with Gasteiger partial charge in [0.25, 0.3) is 0 Å². The number of rotatable bonds is 3. The molecular weight excluding hydrogens is 274 g/mol. The van der Waals surface area contributed by atoms with Crippen LogP contribution in [-0.4, -0.2) is 94.6 Å². The van der Waals surface area contributed by atoms with Gasteiger partial charge in [0, 0.05) is 45.7 Å². The molecule has 21 heavy (non-hydrogen) atoms. The molecule has 4 atom stereocenters. The Bertz CT molecular complexity index is 359. The number of amides is 1. The summed E-state index contributed by atoms with van der Waals surface area (Å²) in [6.07, 6.45) is -1.05. The van der Waals surface area contributed by atoms with E-state index in [1.165, 1.54) is 0 Å². The second kappa shape index (κ2) is 6.58. The van der Waals surface area contributed by atoms with E-state index in [4.69, 9.17) is 0 Å². The Balaban J connectivity index is 1.94. The number of aliphatic hydroxyl groups excluding tert-OH is 2. The number of aliphatic hydroxyl groups is 3. The lowest BCUT2D eigenvalue weighted by molar-refractivity contribution is -0.183. The van der Waals surface area contributed by atoms with E-state index in [9.17, 15) is 20.1 Å². The Kier molecular flexibility index (Phi) is 5.21. The number of hydrogen-bond donors (Lipinski definition) is 4. The summed E-state index contributed by atoms with van der Waals surface area (Å²) in [7, 11) is 1.79. The Morgan fingerprint density at radius 2 is 1.71 bits per heavy atom. The Labute approximate surface area is 125 Å². The first-order valence-corrected chi connectivity index (χ1v) is 7.60. The van der Waals surface area contributed by atoms with Crippen molar-refractivity contribution in [2.75, 3.05) is 39.8 Å². The van der Waals surface area contributed by atoms with Gasteiger partial charge in [-0.2, -0.15) is 0 Å². The monoisotopic (exact) mass is 301 g/mol. The van der Waals surface area contributed by atoms with Crippen LogP contribution in [0.4, 0.5) is 0 Å². The molecule has 1 heterocycles. The van der Waals surface area contributed by atoms with Gasteiger partial charge in [-0.3, -0.25) is 9.69 Å². The van der Waals surface area contributed by atoms with Gasteiger partial charge in [0.2, 0.25) is 5.91 Å². The molecule has 0 bridgehead atoms. The van der Waals surface area contributed by atoms with Crippen molar-refractivity contribution in [1.29, 1.82) is 0 Å². The molecule has 2 unspecified atom stereocenters. The van der Waals surface area contributed by atoms with Gasteiger partial charge in [0.05, 0.1) is 12.2 Å². The summed E-state index contributed by atoms with van der Waals surface area (Å²) >= 11 is 0. The fourth-order valence-electron chi connectivity index (χ4n) is 3.29. The maximum absolute atomic E-state index is 11.3. The topological polar surface area (TPSA) is 96.3 Å². The molecule has 1 saturated carbocycles. The summed E-state index contributed by atoms with van der Waals surface area (Å²) in [5, 5.41) is 34.2. The van der Waals surface area contributed by atoms with Crippen LogP contribution < -0.4 is 5.32 Å². The molecule has 4 N–H and O–H groups in total. The zero-order valence-corrected chi connectivity index (χ0v) is 12.8. The van der Waals surface area contributed by atoms with Crippen molar-refractivity contribution >= 4 is 5.91 Å². The highest BCUT2D eigenvalue weighted by atomic mass is 16.4. The third kappa shape index (κ3) is 3.54. The van der Waals surface area contributed by atoms with Crippen LogP contribution in [0, 0.1) is 0 Å². The first-order valence-electron chi connectivity index (χ1n) is 7.60. The summed E-state index contributed by atoms with van der Waals surface area (Å²) in [4.78, 5) is 15.1. The number of carbonyl (C=O) groups excluding carboxylic acids is 1. The van der Waals surface area contributed by atoms with Crippen molar-refractivity contribution in [1.82, 2.24) is 15.1 Å². The maximum Gasteiger partial charge on any atom is 0.219 e. The average Bonchev–Trinajstić information content (AvgIpc) is 2.45. The average molecular weight is 301 g/mol. The third-order valence-corrected chi connectivity index (χ3v) is 4.87. The normalized spacial score (nSPS) is 38.5. The van der Waals surface area contributed by atoms with Gasteiger partial charge < -0.3 is 25.5 Å². The van der Waals surface area contributed by atoms with E-state index < -0.39 is 17.8 Å². The largest absolute Gasteiger partial charge is 0.390 e. The fourth-order valence-corrected chi connectivity index (χ4v) is 3.29. The lowest BCUT2D eigenvalue weighted by atomic mass is 9.77. The molecule has 1 amide bonds. The zero-order chi connectivity index (χ0) is 15.6. The number of hydrogen-bond acceptors (Lipinski definition) is 6. The number of nitrogens with zero attached hydrogens (tertiary/aromatic N) is 2.